The summed E-state index contributed by atoms with van der Waals surface area (Å²) in [6, 6.07) is 0.609. The number of rotatable bonds is 1. The summed E-state index contributed by atoms with van der Waals surface area (Å²) in [6.45, 7) is 2.51. The molecule has 1 aliphatic heterocycles. The molecule has 2 fully saturated rings. The molecule has 1 heterocycles. The number of ether oxygens (including phenoxy) is 1. The molecule has 3 heteroatoms. The molecule has 0 bridgehead atoms. The van der Waals surface area contributed by atoms with Gasteiger partial charge in [0, 0.05) is 18.9 Å². The largest absolute Gasteiger partial charge is 0.462 e. The topological polar surface area (TPSA) is 38.3 Å². The van der Waals surface area contributed by atoms with Crippen molar-refractivity contribution >= 4 is 5.97 Å². The van der Waals surface area contributed by atoms with Crippen LogP contribution in [0.25, 0.3) is 0 Å². The number of hydrogen-bond donors (Lipinski definition) is 1. The van der Waals surface area contributed by atoms with Crippen LogP contribution in [0.3, 0.4) is 0 Å². The fraction of sp³-hybridized carbons (Fsp3) is 0.900. The predicted molar refractivity (Wildman–Crippen MR) is 49.3 cm³/mol. The van der Waals surface area contributed by atoms with Crippen LogP contribution < -0.4 is 5.32 Å². The van der Waals surface area contributed by atoms with E-state index in [1.165, 1.54) is 26.2 Å². The van der Waals surface area contributed by atoms with E-state index in [0.29, 0.717) is 12.0 Å². The standard InChI is InChI=1S/C10H17NO2/c1-7(12)13-10-5-6-11-9-4-2-3-8(9)10/h8-11H,2-6H2,1H3. The first-order valence-electron chi connectivity index (χ1n) is 5.18. The van der Waals surface area contributed by atoms with Crippen molar-refractivity contribution in [1.29, 1.82) is 0 Å². The van der Waals surface area contributed by atoms with E-state index in [4.69, 9.17) is 4.74 Å². The van der Waals surface area contributed by atoms with Crippen LogP contribution in [-0.4, -0.2) is 24.7 Å². The molecule has 3 atom stereocenters. The zero-order valence-corrected chi connectivity index (χ0v) is 8.08. The van der Waals surface area contributed by atoms with Gasteiger partial charge in [0.25, 0.3) is 0 Å². The first kappa shape index (κ1) is 9.00. The highest BCUT2D eigenvalue weighted by atomic mass is 16.5. The quantitative estimate of drug-likeness (QED) is 0.618. The van der Waals surface area contributed by atoms with E-state index in [9.17, 15) is 4.79 Å². The molecule has 74 valence electrons. The van der Waals surface area contributed by atoms with Gasteiger partial charge in [-0.25, -0.2) is 0 Å². The Balaban J connectivity index is 1.97. The Morgan fingerprint density at radius 2 is 2.23 bits per heavy atom. The molecule has 2 rings (SSSR count). The van der Waals surface area contributed by atoms with Crippen LogP contribution in [0.5, 0.6) is 0 Å². The van der Waals surface area contributed by atoms with Gasteiger partial charge in [0.05, 0.1) is 0 Å². The average Bonchev–Trinajstić information content (AvgIpc) is 2.51. The maximum atomic E-state index is 10.9. The molecule has 1 aliphatic carbocycles. The predicted octanol–water partition coefficient (Wildman–Crippen LogP) is 1.08. The molecule has 0 amide bonds. The molecular formula is C10H17NO2. The lowest BCUT2D eigenvalue weighted by atomic mass is 9.91. The van der Waals surface area contributed by atoms with Gasteiger partial charge in [0.1, 0.15) is 6.10 Å². The highest BCUT2D eigenvalue weighted by molar-refractivity contribution is 5.66. The Labute approximate surface area is 78.8 Å². The lowest BCUT2D eigenvalue weighted by Crippen LogP contribution is -2.46. The van der Waals surface area contributed by atoms with Gasteiger partial charge in [-0.05, 0) is 25.8 Å². The van der Waals surface area contributed by atoms with Crippen molar-refractivity contribution < 1.29 is 9.53 Å². The Morgan fingerprint density at radius 1 is 1.38 bits per heavy atom. The second-order valence-electron chi connectivity index (χ2n) is 4.09. The third-order valence-electron chi connectivity index (χ3n) is 3.20. The van der Waals surface area contributed by atoms with Crippen molar-refractivity contribution in [2.24, 2.45) is 5.92 Å². The summed E-state index contributed by atoms with van der Waals surface area (Å²) in [5, 5.41) is 3.49. The minimum absolute atomic E-state index is 0.127. The monoisotopic (exact) mass is 183 g/mol. The van der Waals surface area contributed by atoms with Crippen LogP contribution in [-0.2, 0) is 9.53 Å². The molecule has 0 aromatic rings. The number of carbonyl (C=O) groups is 1. The molecule has 1 N–H and O–H groups in total. The van der Waals surface area contributed by atoms with E-state index < -0.39 is 0 Å². The van der Waals surface area contributed by atoms with Gasteiger partial charge in [-0.2, -0.15) is 0 Å². The lowest BCUT2D eigenvalue weighted by molar-refractivity contribution is -0.150. The molecule has 2 aliphatic rings. The van der Waals surface area contributed by atoms with E-state index in [0.717, 1.165) is 13.0 Å². The number of piperidine rings is 1. The Morgan fingerprint density at radius 3 is 3.00 bits per heavy atom. The zero-order chi connectivity index (χ0) is 9.26. The zero-order valence-electron chi connectivity index (χ0n) is 8.08. The molecule has 0 radical (unpaired) electrons. The van der Waals surface area contributed by atoms with Crippen molar-refractivity contribution in [2.45, 2.75) is 44.8 Å². The van der Waals surface area contributed by atoms with Gasteiger partial charge in [0.15, 0.2) is 0 Å². The molecule has 3 nitrogen and oxygen atoms in total. The molecular weight excluding hydrogens is 166 g/mol. The van der Waals surface area contributed by atoms with E-state index in [1.54, 1.807) is 0 Å². The van der Waals surface area contributed by atoms with Crippen LogP contribution in [0.15, 0.2) is 0 Å². The van der Waals surface area contributed by atoms with Gasteiger partial charge < -0.3 is 10.1 Å². The summed E-state index contributed by atoms with van der Waals surface area (Å²) in [6.07, 6.45) is 4.92. The summed E-state index contributed by atoms with van der Waals surface area (Å²) >= 11 is 0. The number of hydrogen-bond acceptors (Lipinski definition) is 3. The van der Waals surface area contributed by atoms with Gasteiger partial charge in [-0.1, -0.05) is 6.42 Å². The van der Waals surface area contributed by atoms with Crippen LogP contribution in [0.2, 0.25) is 0 Å². The van der Waals surface area contributed by atoms with Gasteiger partial charge in [-0.3, -0.25) is 4.79 Å². The summed E-state index contributed by atoms with van der Waals surface area (Å²) < 4.78 is 5.33. The third kappa shape index (κ3) is 1.85. The van der Waals surface area contributed by atoms with Crippen molar-refractivity contribution in [1.82, 2.24) is 5.32 Å². The summed E-state index contributed by atoms with van der Waals surface area (Å²) in [7, 11) is 0. The Bertz CT molecular complexity index is 205. The number of nitrogens with one attached hydrogen (secondary N) is 1. The lowest BCUT2D eigenvalue weighted by Gasteiger charge is -2.33. The summed E-state index contributed by atoms with van der Waals surface area (Å²) in [5.41, 5.74) is 0. The van der Waals surface area contributed by atoms with Crippen molar-refractivity contribution in [2.75, 3.05) is 6.54 Å². The van der Waals surface area contributed by atoms with Crippen LogP contribution in [0, 0.1) is 5.92 Å². The van der Waals surface area contributed by atoms with E-state index in [-0.39, 0.29) is 12.1 Å². The molecule has 3 unspecified atom stereocenters. The smallest absolute Gasteiger partial charge is 0.302 e. The van der Waals surface area contributed by atoms with E-state index in [2.05, 4.69) is 5.32 Å². The summed E-state index contributed by atoms with van der Waals surface area (Å²) in [5.74, 6) is 0.454. The summed E-state index contributed by atoms with van der Waals surface area (Å²) in [4.78, 5) is 10.9. The number of carbonyl (C=O) groups excluding carboxylic acids is 1. The van der Waals surface area contributed by atoms with Crippen molar-refractivity contribution in [3.63, 3.8) is 0 Å². The Hall–Kier alpha value is -0.570. The first-order chi connectivity index (χ1) is 6.27. The second kappa shape index (κ2) is 3.66. The fourth-order valence-corrected chi connectivity index (χ4v) is 2.67. The molecule has 13 heavy (non-hydrogen) atoms. The third-order valence-corrected chi connectivity index (χ3v) is 3.20. The maximum Gasteiger partial charge on any atom is 0.302 e. The molecule has 0 aromatic carbocycles. The van der Waals surface area contributed by atoms with Crippen LogP contribution in [0.1, 0.15) is 32.6 Å². The van der Waals surface area contributed by atoms with E-state index in [1.807, 2.05) is 0 Å². The van der Waals surface area contributed by atoms with E-state index >= 15 is 0 Å². The minimum atomic E-state index is -0.127. The molecule has 0 spiro atoms. The molecule has 1 saturated carbocycles. The van der Waals surface area contributed by atoms with Crippen molar-refractivity contribution in [3.05, 3.63) is 0 Å². The van der Waals surface area contributed by atoms with Gasteiger partial charge >= 0.3 is 5.97 Å². The molecule has 0 aromatic heterocycles. The highest BCUT2D eigenvalue weighted by Gasteiger charge is 2.37. The Kier molecular flexibility index (Phi) is 2.54. The number of esters is 1. The SMILES string of the molecule is CC(=O)OC1CCNC2CCCC21. The van der Waals surface area contributed by atoms with Crippen LogP contribution >= 0.6 is 0 Å². The van der Waals surface area contributed by atoms with Gasteiger partial charge in [-0.15, -0.1) is 0 Å². The maximum absolute atomic E-state index is 10.9. The second-order valence-corrected chi connectivity index (χ2v) is 4.09. The molecule has 1 saturated heterocycles. The fourth-order valence-electron chi connectivity index (χ4n) is 2.67. The minimum Gasteiger partial charge on any atom is -0.462 e. The highest BCUT2D eigenvalue weighted by Crippen LogP contribution is 2.33. The van der Waals surface area contributed by atoms with Crippen molar-refractivity contribution in [3.8, 4) is 0 Å². The first-order valence-corrected chi connectivity index (χ1v) is 5.18. The van der Waals surface area contributed by atoms with Gasteiger partial charge in [0.2, 0.25) is 0 Å². The van der Waals surface area contributed by atoms with Crippen LogP contribution in [0.4, 0.5) is 0 Å². The number of fused-ring (bicyclic) bond motifs is 1. The average molecular weight is 183 g/mol. The normalized spacial score (nSPS) is 38.4.